The summed E-state index contributed by atoms with van der Waals surface area (Å²) >= 11 is 0. The van der Waals surface area contributed by atoms with Gasteiger partial charge in [0.05, 0.1) is 6.04 Å². The number of carbonyl (C=O) groups is 4. The Morgan fingerprint density at radius 1 is 1.26 bits per heavy atom. The maximum absolute atomic E-state index is 12.6. The number of rotatable bonds is 7. The normalized spacial score (nSPS) is 19.3. The van der Waals surface area contributed by atoms with Crippen LogP contribution in [0.2, 0.25) is 0 Å². The predicted molar refractivity (Wildman–Crippen MR) is 95.7 cm³/mol. The van der Waals surface area contributed by atoms with E-state index in [2.05, 4.69) is 10.6 Å². The Labute approximate surface area is 159 Å². The lowest BCUT2D eigenvalue weighted by molar-refractivity contribution is -0.156. The number of esters is 1. The van der Waals surface area contributed by atoms with Crippen molar-refractivity contribution in [3.8, 4) is 0 Å². The number of nitrogens with one attached hydrogen (secondary N) is 2. The zero-order valence-corrected chi connectivity index (χ0v) is 16.4. The fourth-order valence-corrected chi connectivity index (χ4v) is 2.82. The molecule has 1 unspecified atom stereocenters. The number of nitrogens with zero attached hydrogens (tertiary/aromatic N) is 1. The molecular formula is C18H29N3O6. The van der Waals surface area contributed by atoms with E-state index in [0.717, 1.165) is 12.8 Å². The predicted octanol–water partition coefficient (Wildman–Crippen LogP) is 0.712. The lowest BCUT2D eigenvalue weighted by Crippen LogP contribution is -2.57. The molecule has 1 aliphatic heterocycles. The number of likely N-dealkylation sites (tertiary alicyclic amines) is 1. The van der Waals surface area contributed by atoms with Gasteiger partial charge in [-0.25, -0.2) is 4.79 Å². The molecule has 0 spiro atoms. The lowest BCUT2D eigenvalue weighted by Gasteiger charge is -2.31. The van der Waals surface area contributed by atoms with Gasteiger partial charge in [0, 0.05) is 32.5 Å². The molecule has 9 heteroatoms. The first kappa shape index (κ1) is 21.0. The minimum Gasteiger partial charge on any atom is -0.450 e. The molecule has 152 valence electrons. The Morgan fingerprint density at radius 2 is 1.93 bits per heavy atom. The molecule has 2 rings (SSSR count). The van der Waals surface area contributed by atoms with Gasteiger partial charge in [-0.3, -0.25) is 14.4 Å². The van der Waals surface area contributed by atoms with Crippen LogP contribution in [-0.4, -0.2) is 65.7 Å². The van der Waals surface area contributed by atoms with E-state index >= 15 is 0 Å². The molecule has 1 aliphatic carbocycles. The van der Waals surface area contributed by atoms with E-state index in [0.29, 0.717) is 19.4 Å². The van der Waals surface area contributed by atoms with Crippen molar-refractivity contribution in [1.82, 2.24) is 15.5 Å². The van der Waals surface area contributed by atoms with Gasteiger partial charge in [0.25, 0.3) is 5.91 Å². The number of carbonyl (C=O) groups excluding carboxylic acids is 4. The van der Waals surface area contributed by atoms with Gasteiger partial charge in [-0.05, 0) is 40.0 Å². The molecule has 0 aromatic rings. The number of alkyl carbamates (subject to hydrolysis) is 1. The first-order valence-corrected chi connectivity index (χ1v) is 9.30. The van der Waals surface area contributed by atoms with Crippen LogP contribution in [-0.2, 0) is 23.9 Å². The Bertz CT molecular complexity index is 596. The maximum Gasteiger partial charge on any atom is 0.408 e. The smallest absolute Gasteiger partial charge is 0.408 e. The zero-order chi connectivity index (χ0) is 20.2. The average molecular weight is 383 g/mol. The van der Waals surface area contributed by atoms with Crippen molar-refractivity contribution in [3.63, 3.8) is 0 Å². The summed E-state index contributed by atoms with van der Waals surface area (Å²) in [5, 5.41) is 5.39. The third-order valence-electron chi connectivity index (χ3n) is 4.13. The lowest BCUT2D eigenvalue weighted by atomic mass is 10.1. The fourth-order valence-electron chi connectivity index (χ4n) is 2.82. The number of ether oxygens (including phenoxy) is 2. The van der Waals surface area contributed by atoms with E-state index < -0.39 is 35.7 Å². The highest BCUT2D eigenvalue weighted by Gasteiger charge is 2.38. The van der Waals surface area contributed by atoms with Crippen LogP contribution in [0, 0.1) is 0 Å². The van der Waals surface area contributed by atoms with Crippen LogP contribution in [0.4, 0.5) is 4.79 Å². The van der Waals surface area contributed by atoms with Gasteiger partial charge < -0.3 is 25.0 Å². The average Bonchev–Trinajstić information content (AvgIpc) is 3.23. The van der Waals surface area contributed by atoms with Crippen LogP contribution >= 0.6 is 0 Å². The molecule has 2 fully saturated rings. The standard InChI is InChI=1S/C18H29N3O6/c1-11(22)26-15(16(24)19-12-7-8-12)13(10-21-9-5-6-14(21)23)20-17(25)27-18(2,3)4/h12-13,15H,5-10H2,1-4H3,(H,19,24)(H,20,25)/t13-,15?/m0/s1. The van der Waals surface area contributed by atoms with Crippen molar-refractivity contribution in [1.29, 1.82) is 0 Å². The number of amides is 3. The molecule has 3 amide bonds. The van der Waals surface area contributed by atoms with Crippen LogP contribution in [0.3, 0.4) is 0 Å². The third kappa shape index (κ3) is 7.07. The molecule has 9 nitrogen and oxygen atoms in total. The van der Waals surface area contributed by atoms with Gasteiger partial charge in [-0.2, -0.15) is 0 Å². The van der Waals surface area contributed by atoms with E-state index in [1.807, 2.05) is 0 Å². The van der Waals surface area contributed by atoms with Crippen LogP contribution < -0.4 is 10.6 Å². The Kier molecular flexibility index (Phi) is 6.67. The summed E-state index contributed by atoms with van der Waals surface area (Å²) in [4.78, 5) is 50.0. The summed E-state index contributed by atoms with van der Waals surface area (Å²) in [6.07, 6.45) is 0.885. The summed E-state index contributed by atoms with van der Waals surface area (Å²) in [5.74, 6) is -1.19. The summed E-state index contributed by atoms with van der Waals surface area (Å²) in [7, 11) is 0. The first-order valence-electron chi connectivity index (χ1n) is 9.30. The minimum absolute atomic E-state index is 0.0600. The van der Waals surface area contributed by atoms with E-state index in [1.165, 1.54) is 6.92 Å². The van der Waals surface area contributed by atoms with Gasteiger partial charge in [-0.1, -0.05) is 0 Å². The van der Waals surface area contributed by atoms with Gasteiger partial charge >= 0.3 is 12.1 Å². The Hall–Kier alpha value is -2.32. The van der Waals surface area contributed by atoms with Gasteiger partial charge in [0.1, 0.15) is 5.60 Å². The summed E-state index contributed by atoms with van der Waals surface area (Å²) in [5.41, 5.74) is -0.731. The minimum atomic E-state index is -1.25. The second-order valence-corrected chi connectivity index (χ2v) is 8.01. The molecule has 2 aliphatic rings. The summed E-state index contributed by atoms with van der Waals surface area (Å²) in [6, 6.07) is -0.851. The fraction of sp³-hybridized carbons (Fsp3) is 0.778. The summed E-state index contributed by atoms with van der Waals surface area (Å²) < 4.78 is 10.5. The van der Waals surface area contributed by atoms with Crippen LogP contribution in [0.5, 0.6) is 0 Å². The van der Waals surface area contributed by atoms with Gasteiger partial charge in [0.2, 0.25) is 12.0 Å². The molecule has 2 atom stereocenters. The Morgan fingerprint density at radius 3 is 2.41 bits per heavy atom. The van der Waals surface area contributed by atoms with Crippen LogP contribution in [0.15, 0.2) is 0 Å². The summed E-state index contributed by atoms with van der Waals surface area (Å²) in [6.45, 7) is 6.94. The molecule has 27 heavy (non-hydrogen) atoms. The topological polar surface area (TPSA) is 114 Å². The van der Waals surface area contributed by atoms with Gasteiger partial charge in [0.15, 0.2) is 0 Å². The highest BCUT2D eigenvalue weighted by atomic mass is 16.6. The molecule has 2 N–H and O–H groups in total. The van der Waals surface area contributed by atoms with Crippen molar-refractivity contribution in [2.24, 2.45) is 0 Å². The quantitative estimate of drug-likeness (QED) is 0.626. The van der Waals surface area contributed by atoms with E-state index in [1.54, 1.807) is 25.7 Å². The largest absolute Gasteiger partial charge is 0.450 e. The number of hydrogen-bond acceptors (Lipinski definition) is 6. The second-order valence-electron chi connectivity index (χ2n) is 8.01. The van der Waals surface area contributed by atoms with E-state index in [4.69, 9.17) is 9.47 Å². The molecule has 1 saturated heterocycles. The van der Waals surface area contributed by atoms with Crippen molar-refractivity contribution in [2.75, 3.05) is 13.1 Å². The molecular weight excluding hydrogens is 354 g/mol. The van der Waals surface area contributed by atoms with Crippen LogP contribution in [0.1, 0.15) is 53.4 Å². The molecule has 1 saturated carbocycles. The molecule has 0 bridgehead atoms. The zero-order valence-electron chi connectivity index (χ0n) is 16.4. The van der Waals surface area contributed by atoms with Crippen molar-refractivity contribution >= 4 is 23.9 Å². The highest BCUT2D eigenvalue weighted by molar-refractivity contribution is 5.85. The van der Waals surface area contributed by atoms with E-state index in [9.17, 15) is 19.2 Å². The van der Waals surface area contributed by atoms with Crippen molar-refractivity contribution < 1.29 is 28.7 Å². The monoisotopic (exact) mass is 383 g/mol. The maximum atomic E-state index is 12.6. The first-order chi connectivity index (χ1) is 12.5. The van der Waals surface area contributed by atoms with E-state index in [-0.39, 0.29) is 18.5 Å². The molecule has 0 radical (unpaired) electrons. The van der Waals surface area contributed by atoms with Gasteiger partial charge in [-0.15, -0.1) is 0 Å². The van der Waals surface area contributed by atoms with Crippen LogP contribution in [0.25, 0.3) is 0 Å². The SMILES string of the molecule is CC(=O)OC(C(=O)NC1CC1)[C@H](CN1CCCC1=O)NC(=O)OC(C)(C)C. The second kappa shape index (κ2) is 8.58. The van der Waals surface area contributed by atoms with Crippen molar-refractivity contribution in [3.05, 3.63) is 0 Å². The number of hydrogen-bond donors (Lipinski definition) is 2. The third-order valence-corrected chi connectivity index (χ3v) is 4.13. The molecule has 0 aromatic heterocycles. The molecule has 1 heterocycles. The molecule has 0 aromatic carbocycles. The van der Waals surface area contributed by atoms with Crippen molar-refractivity contribution in [2.45, 2.75) is 77.2 Å². The highest BCUT2D eigenvalue weighted by Crippen LogP contribution is 2.20. The Balaban J connectivity index is 2.16.